The van der Waals surface area contributed by atoms with E-state index < -0.39 is 11.9 Å². The van der Waals surface area contributed by atoms with Crippen molar-refractivity contribution in [3.63, 3.8) is 0 Å². The Morgan fingerprint density at radius 1 is 1.29 bits per heavy atom. The van der Waals surface area contributed by atoms with Crippen molar-refractivity contribution in [3.05, 3.63) is 24.4 Å². The molecule has 1 unspecified atom stereocenters. The Labute approximate surface area is 148 Å². The number of hydrogen-bond donors (Lipinski definition) is 1. The summed E-state index contributed by atoms with van der Waals surface area (Å²) in [6.07, 6.45) is 3.27. The van der Waals surface area contributed by atoms with Crippen molar-refractivity contribution in [2.45, 2.75) is 81.4 Å². The van der Waals surface area contributed by atoms with Gasteiger partial charge in [0.2, 0.25) is 0 Å². The zero-order chi connectivity index (χ0) is 17.2. The first kappa shape index (κ1) is 18.1. The molecule has 5 nitrogen and oxygen atoms in total. The van der Waals surface area contributed by atoms with Crippen LogP contribution in [0.2, 0.25) is 0 Å². The number of aromatic nitrogens is 1. The number of aliphatic hydroxyl groups excluding tert-OH is 1. The number of pyridine rings is 1. The molecule has 0 aromatic carbocycles. The molecule has 0 radical (unpaired) electrons. The third kappa shape index (κ3) is 4.11. The molecule has 1 aromatic heterocycles. The van der Waals surface area contributed by atoms with Crippen LogP contribution in [0.1, 0.15) is 40.0 Å². The van der Waals surface area contributed by atoms with Gasteiger partial charge in [-0.2, -0.15) is 0 Å². The van der Waals surface area contributed by atoms with Crippen LogP contribution >= 0.6 is 11.8 Å². The lowest BCUT2D eigenvalue weighted by molar-refractivity contribution is -0.194. The summed E-state index contributed by atoms with van der Waals surface area (Å²) >= 11 is 1.65. The van der Waals surface area contributed by atoms with Crippen LogP contribution in [0.3, 0.4) is 0 Å². The van der Waals surface area contributed by atoms with Gasteiger partial charge >= 0.3 is 0 Å². The quantitative estimate of drug-likeness (QED) is 0.761. The molecule has 0 bridgehead atoms. The van der Waals surface area contributed by atoms with Crippen molar-refractivity contribution in [2.24, 2.45) is 0 Å². The molecule has 0 saturated carbocycles. The fraction of sp³-hybridized carbons (Fsp3) is 0.722. The molecule has 134 valence electrons. The third-order valence-corrected chi connectivity index (χ3v) is 5.48. The van der Waals surface area contributed by atoms with E-state index >= 15 is 0 Å². The van der Waals surface area contributed by atoms with E-state index in [1.54, 1.807) is 18.0 Å². The van der Waals surface area contributed by atoms with Gasteiger partial charge in [0.15, 0.2) is 5.79 Å². The first-order chi connectivity index (χ1) is 11.5. The maximum absolute atomic E-state index is 10.5. The Morgan fingerprint density at radius 2 is 2.08 bits per heavy atom. The van der Waals surface area contributed by atoms with Crippen LogP contribution in [0, 0.1) is 0 Å². The SMILES string of the molecule is CCCC[C@@H](O)[C@@H]1OC(CSc2ccccn2)[C@@H]2OC(C)(C)O[C@H]12. The molecule has 6 heteroatoms. The minimum Gasteiger partial charge on any atom is -0.390 e. The van der Waals surface area contributed by atoms with Gasteiger partial charge in [-0.05, 0) is 32.4 Å². The van der Waals surface area contributed by atoms with Crippen LogP contribution < -0.4 is 0 Å². The van der Waals surface area contributed by atoms with Crippen molar-refractivity contribution < 1.29 is 19.3 Å². The second-order valence-electron chi connectivity index (χ2n) is 6.89. The van der Waals surface area contributed by atoms with E-state index in [9.17, 15) is 5.11 Å². The second-order valence-corrected chi connectivity index (χ2v) is 7.93. The molecule has 0 spiro atoms. The van der Waals surface area contributed by atoms with Crippen LogP contribution in [0.15, 0.2) is 29.4 Å². The van der Waals surface area contributed by atoms with Crippen LogP contribution in [0.4, 0.5) is 0 Å². The normalized spacial score (nSPS) is 32.7. The summed E-state index contributed by atoms with van der Waals surface area (Å²) in [6, 6.07) is 5.87. The van der Waals surface area contributed by atoms with E-state index in [2.05, 4.69) is 11.9 Å². The first-order valence-corrected chi connectivity index (χ1v) is 9.72. The highest BCUT2D eigenvalue weighted by Gasteiger charge is 2.56. The number of aliphatic hydroxyl groups is 1. The third-order valence-electron chi connectivity index (χ3n) is 4.45. The summed E-state index contributed by atoms with van der Waals surface area (Å²) in [5.41, 5.74) is 0. The molecular formula is C18H27NO4S. The van der Waals surface area contributed by atoms with E-state index in [1.165, 1.54) is 0 Å². The Bertz CT molecular complexity index is 527. The fourth-order valence-electron chi connectivity index (χ4n) is 3.34. The lowest BCUT2D eigenvalue weighted by Crippen LogP contribution is -2.38. The summed E-state index contributed by atoms with van der Waals surface area (Å²) < 4.78 is 18.3. The van der Waals surface area contributed by atoms with Gasteiger partial charge in [-0.15, -0.1) is 11.8 Å². The van der Waals surface area contributed by atoms with Crippen molar-refractivity contribution in [1.29, 1.82) is 0 Å². The van der Waals surface area contributed by atoms with Gasteiger partial charge in [0, 0.05) is 11.9 Å². The van der Waals surface area contributed by atoms with Gasteiger partial charge < -0.3 is 19.3 Å². The number of hydrogen-bond acceptors (Lipinski definition) is 6. The topological polar surface area (TPSA) is 60.8 Å². The maximum atomic E-state index is 10.5. The van der Waals surface area contributed by atoms with Crippen molar-refractivity contribution in [3.8, 4) is 0 Å². The van der Waals surface area contributed by atoms with Crippen LogP contribution in [-0.4, -0.2) is 52.2 Å². The first-order valence-electron chi connectivity index (χ1n) is 8.73. The minimum atomic E-state index is -0.629. The molecule has 1 aromatic rings. The van der Waals surface area contributed by atoms with E-state index in [0.717, 1.165) is 30.0 Å². The lowest BCUT2D eigenvalue weighted by atomic mass is 10.0. The molecule has 2 aliphatic rings. The Kier molecular flexibility index (Phi) is 5.82. The average molecular weight is 353 g/mol. The molecule has 1 N–H and O–H groups in total. The van der Waals surface area contributed by atoms with E-state index in [4.69, 9.17) is 14.2 Å². The summed E-state index contributed by atoms with van der Waals surface area (Å²) in [5, 5.41) is 11.5. The zero-order valence-corrected chi connectivity index (χ0v) is 15.4. The standard InChI is InChI=1S/C18H27NO4S/c1-4-5-8-12(20)15-17-16(22-18(2,3)23-17)13(21-15)11-24-14-9-6-7-10-19-14/h6-7,9-10,12-13,15-17,20H,4-5,8,11H2,1-3H3/t12-,13?,15+,16+,17-/m1/s1. The highest BCUT2D eigenvalue weighted by molar-refractivity contribution is 7.99. The van der Waals surface area contributed by atoms with Gasteiger partial charge in [0.25, 0.3) is 0 Å². The average Bonchev–Trinajstić information content (AvgIpc) is 3.05. The number of fused-ring (bicyclic) bond motifs is 1. The highest BCUT2D eigenvalue weighted by Crippen LogP contribution is 2.41. The maximum Gasteiger partial charge on any atom is 0.164 e. The van der Waals surface area contributed by atoms with Crippen molar-refractivity contribution in [2.75, 3.05) is 5.75 Å². The van der Waals surface area contributed by atoms with Crippen LogP contribution in [0.5, 0.6) is 0 Å². The second kappa shape index (κ2) is 7.70. The number of rotatable bonds is 7. The highest BCUT2D eigenvalue weighted by atomic mass is 32.2. The van der Waals surface area contributed by atoms with E-state index in [1.807, 2.05) is 32.0 Å². The number of nitrogens with zero attached hydrogens (tertiary/aromatic N) is 1. The lowest BCUT2D eigenvalue weighted by Gasteiger charge is -2.26. The summed E-state index contributed by atoms with van der Waals surface area (Å²) in [6.45, 7) is 5.96. The Balaban J connectivity index is 1.66. The van der Waals surface area contributed by atoms with Gasteiger partial charge in [0.1, 0.15) is 18.3 Å². The molecular weight excluding hydrogens is 326 g/mol. The summed E-state index contributed by atoms with van der Waals surface area (Å²) in [7, 11) is 0. The zero-order valence-electron chi connectivity index (χ0n) is 14.6. The van der Waals surface area contributed by atoms with Crippen molar-refractivity contribution >= 4 is 11.8 Å². The van der Waals surface area contributed by atoms with Gasteiger partial charge in [-0.1, -0.05) is 25.8 Å². The molecule has 24 heavy (non-hydrogen) atoms. The number of ether oxygens (including phenoxy) is 3. The summed E-state index contributed by atoms with van der Waals surface area (Å²) in [5.74, 6) is 0.102. The number of thioether (sulfide) groups is 1. The van der Waals surface area contributed by atoms with Gasteiger partial charge in [-0.25, -0.2) is 4.98 Å². The molecule has 2 aliphatic heterocycles. The fourth-order valence-corrected chi connectivity index (χ4v) is 4.25. The van der Waals surface area contributed by atoms with E-state index in [-0.39, 0.29) is 24.4 Å². The molecule has 3 heterocycles. The van der Waals surface area contributed by atoms with Crippen LogP contribution in [-0.2, 0) is 14.2 Å². The predicted octanol–water partition coefficient (Wildman–Crippen LogP) is 3.01. The van der Waals surface area contributed by atoms with E-state index in [0.29, 0.717) is 0 Å². The van der Waals surface area contributed by atoms with Gasteiger partial charge in [-0.3, -0.25) is 0 Å². The molecule has 2 saturated heterocycles. The monoisotopic (exact) mass is 353 g/mol. The minimum absolute atomic E-state index is 0.106. The Morgan fingerprint density at radius 3 is 2.79 bits per heavy atom. The molecule has 3 rings (SSSR count). The summed E-state index contributed by atoms with van der Waals surface area (Å²) in [4.78, 5) is 4.33. The number of unbranched alkanes of at least 4 members (excludes halogenated alkanes) is 1. The Hall–Kier alpha value is -0.660. The molecule has 2 fully saturated rings. The van der Waals surface area contributed by atoms with Crippen LogP contribution in [0.25, 0.3) is 0 Å². The molecule has 0 aliphatic carbocycles. The molecule has 0 amide bonds. The largest absolute Gasteiger partial charge is 0.390 e. The predicted molar refractivity (Wildman–Crippen MR) is 93.0 cm³/mol. The molecule has 5 atom stereocenters. The van der Waals surface area contributed by atoms with Crippen molar-refractivity contribution in [1.82, 2.24) is 4.98 Å². The smallest absolute Gasteiger partial charge is 0.164 e. The van der Waals surface area contributed by atoms with Gasteiger partial charge in [0.05, 0.1) is 17.2 Å².